The maximum absolute atomic E-state index is 11.7. The summed E-state index contributed by atoms with van der Waals surface area (Å²) in [6.45, 7) is 9.06. The second kappa shape index (κ2) is 8.89. The average molecular weight is 317 g/mol. The molecule has 0 aromatic carbocycles. The number of hydrogen-bond donors (Lipinski definition) is 2. The Morgan fingerprint density at radius 3 is 2.33 bits per heavy atom. The highest BCUT2D eigenvalue weighted by molar-refractivity contribution is 7.98. The van der Waals surface area contributed by atoms with Crippen molar-refractivity contribution >= 4 is 17.9 Å². The van der Waals surface area contributed by atoms with Crippen molar-refractivity contribution in [3.8, 4) is 0 Å². The molecule has 1 saturated carbocycles. The van der Waals surface area contributed by atoms with Crippen LogP contribution in [0.5, 0.6) is 0 Å². The van der Waals surface area contributed by atoms with E-state index in [-0.39, 0.29) is 12.1 Å². The first-order chi connectivity index (χ1) is 9.80. The first-order valence-corrected chi connectivity index (χ1v) is 9.41. The molecule has 0 bridgehead atoms. The van der Waals surface area contributed by atoms with Gasteiger partial charge in [0.15, 0.2) is 0 Å². The lowest BCUT2D eigenvalue weighted by Gasteiger charge is -2.31. The molecule has 1 unspecified atom stereocenters. The Bertz CT molecular complexity index is 310. The van der Waals surface area contributed by atoms with Crippen molar-refractivity contribution in [1.82, 2.24) is 10.6 Å². The predicted octanol–water partition coefficient (Wildman–Crippen LogP) is 3.41. The third kappa shape index (κ3) is 8.57. The zero-order valence-corrected chi connectivity index (χ0v) is 15.0. The van der Waals surface area contributed by atoms with Gasteiger partial charge in [-0.1, -0.05) is 6.92 Å². The molecule has 21 heavy (non-hydrogen) atoms. The SMILES string of the molecule is CSCC(C)CNC1CCC(NC(=O)OC(C)(C)C)CC1. The number of hydrogen-bond acceptors (Lipinski definition) is 4. The van der Waals surface area contributed by atoms with Gasteiger partial charge in [-0.2, -0.15) is 11.8 Å². The summed E-state index contributed by atoms with van der Waals surface area (Å²) in [5, 5.41) is 6.65. The fourth-order valence-corrected chi connectivity index (χ4v) is 3.31. The van der Waals surface area contributed by atoms with Crippen molar-refractivity contribution in [3.05, 3.63) is 0 Å². The van der Waals surface area contributed by atoms with Crippen LogP contribution in [-0.2, 0) is 4.74 Å². The average Bonchev–Trinajstić information content (AvgIpc) is 2.36. The summed E-state index contributed by atoms with van der Waals surface area (Å²) < 4.78 is 5.31. The lowest BCUT2D eigenvalue weighted by atomic mass is 9.91. The van der Waals surface area contributed by atoms with Gasteiger partial charge in [0.2, 0.25) is 0 Å². The van der Waals surface area contributed by atoms with Gasteiger partial charge in [0, 0.05) is 12.1 Å². The minimum Gasteiger partial charge on any atom is -0.444 e. The number of thioether (sulfide) groups is 1. The van der Waals surface area contributed by atoms with Crippen LogP contribution in [0.25, 0.3) is 0 Å². The highest BCUT2D eigenvalue weighted by Gasteiger charge is 2.24. The van der Waals surface area contributed by atoms with Gasteiger partial charge < -0.3 is 15.4 Å². The monoisotopic (exact) mass is 316 g/mol. The van der Waals surface area contributed by atoms with E-state index in [1.165, 1.54) is 5.75 Å². The van der Waals surface area contributed by atoms with Gasteiger partial charge in [-0.05, 0) is 70.9 Å². The van der Waals surface area contributed by atoms with Crippen molar-refractivity contribution in [2.75, 3.05) is 18.6 Å². The van der Waals surface area contributed by atoms with Gasteiger partial charge in [-0.15, -0.1) is 0 Å². The van der Waals surface area contributed by atoms with E-state index in [1.54, 1.807) is 0 Å². The third-order valence-electron chi connectivity index (χ3n) is 3.65. The van der Waals surface area contributed by atoms with Crippen LogP contribution in [-0.4, -0.2) is 42.3 Å². The van der Waals surface area contributed by atoms with Gasteiger partial charge in [-0.25, -0.2) is 4.79 Å². The predicted molar refractivity (Wildman–Crippen MR) is 91.0 cm³/mol. The second-order valence-corrected chi connectivity index (χ2v) is 8.07. The number of amides is 1. The van der Waals surface area contributed by atoms with Crippen LogP contribution in [0.4, 0.5) is 4.79 Å². The minimum absolute atomic E-state index is 0.265. The number of ether oxygens (including phenoxy) is 1. The van der Waals surface area contributed by atoms with Crippen LogP contribution in [0.3, 0.4) is 0 Å². The number of rotatable bonds is 6. The molecule has 0 radical (unpaired) electrons. The second-order valence-electron chi connectivity index (χ2n) is 7.16. The highest BCUT2D eigenvalue weighted by atomic mass is 32.2. The molecule has 2 N–H and O–H groups in total. The largest absolute Gasteiger partial charge is 0.444 e. The first-order valence-electron chi connectivity index (χ1n) is 8.02. The Hall–Kier alpha value is -0.420. The summed E-state index contributed by atoms with van der Waals surface area (Å²) >= 11 is 1.91. The van der Waals surface area contributed by atoms with E-state index in [4.69, 9.17) is 4.74 Å². The van der Waals surface area contributed by atoms with Crippen LogP contribution in [0, 0.1) is 5.92 Å². The van der Waals surface area contributed by atoms with E-state index in [9.17, 15) is 4.79 Å². The molecule has 0 saturated heterocycles. The zero-order chi connectivity index (χ0) is 15.9. The number of alkyl carbamates (subject to hydrolysis) is 1. The minimum atomic E-state index is -0.420. The third-order valence-corrected chi connectivity index (χ3v) is 4.56. The molecular formula is C16H32N2O2S. The fourth-order valence-electron chi connectivity index (χ4n) is 2.63. The molecular weight excluding hydrogens is 284 g/mol. The van der Waals surface area contributed by atoms with Crippen molar-refractivity contribution in [2.45, 2.75) is 71.1 Å². The molecule has 0 aromatic heterocycles. The summed E-state index contributed by atoms with van der Waals surface area (Å²) in [6.07, 6.45) is 6.21. The molecule has 1 aliphatic rings. The molecule has 0 aliphatic heterocycles. The van der Waals surface area contributed by atoms with E-state index < -0.39 is 5.60 Å². The summed E-state index contributed by atoms with van der Waals surface area (Å²) in [6, 6.07) is 0.868. The molecule has 4 nitrogen and oxygen atoms in total. The Morgan fingerprint density at radius 2 is 1.81 bits per heavy atom. The summed E-state index contributed by atoms with van der Waals surface area (Å²) in [5.41, 5.74) is -0.420. The Morgan fingerprint density at radius 1 is 1.24 bits per heavy atom. The molecule has 1 rings (SSSR count). The zero-order valence-electron chi connectivity index (χ0n) is 14.2. The lowest BCUT2D eigenvalue weighted by Crippen LogP contribution is -2.44. The van der Waals surface area contributed by atoms with Gasteiger partial charge in [0.25, 0.3) is 0 Å². The van der Waals surface area contributed by atoms with Crippen molar-refractivity contribution in [2.24, 2.45) is 5.92 Å². The molecule has 0 heterocycles. The molecule has 124 valence electrons. The van der Waals surface area contributed by atoms with E-state index >= 15 is 0 Å². The standard InChI is InChI=1S/C16H32N2O2S/c1-12(11-21-5)10-17-13-6-8-14(9-7-13)18-15(19)20-16(2,3)4/h12-14,17H,6-11H2,1-5H3,(H,18,19). The Kier molecular flexibility index (Phi) is 7.88. The van der Waals surface area contributed by atoms with Crippen LogP contribution < -0.4 is 10.6 Å². The molecule has 1 aliphatic carbocycles. The molecule has 5 heteroatoms. The van der Waals surface area contributed by atoms with Crippen LogP contribution in [0.2, 0.25) is 0 Å². The molecule has 1 fully saturated rings. The summed E-state index contributed by atoms with van der Waals surface area (Å²) in [7, 11) is 0. The van der Waals surface area contributed by atoms with Gasteiger partial charge >= 0.3 is 6.09 Å². The van der Waals surface area contributed by atoms with Crippen LogP contribution >= 0.6 is 11.8 Å². The number of nitrogens with one attached hydrogen (secondary N) is 2. The Labute approximate surface area is 134 Å². The fraction of sp³-hybridized carbons (Fsp3) is 0.938. The molecule has 0 spiro atoms. The topological polar surface area (TPSA) is 50.4 Å². The maximum atomic E-state index is 11.7. The van der Waals surface area contributed by atoms with E-state index in [1.807, 2.05) is 32.5 Å². The summed E-state index contributed by atoms with van der Waals surface area (Å²) in [5.74, 6) is 1.93. The van der Waals surface area contributed by atoms with Crippen molar-refractivity contribution < 1.29 is 9.53 Å². The normalized spacial score (nSPS) is 24.4. The molecule has 1 atom stereocenters. The van der Waals surface area contributed by atoms with E-state index in [0.29, 0.717) is 6.04 Å². The maximum Gasteiger partial charge on any atom is 0.407 e. The molecule has 1 amide bonds. The quantitative estimate of drug-likeness (QED) is 0.788. The van der Waals surface area contributed by atoms with Gasteiger partial charge in [0.1, 0.15) is 5.60 Å². The summed E-state index contributed by atoms with van der Waals surface area (Å²) in [4.78, 5) is 11.7. The first kappa shape index (κ1) is 18.6. The van der Waals surface area contributed by atoms with Crippen molar-refractivity contribution in [1.29, 1.82) is 0 Å². The van der Waals surface area contributed by atoms with Gasteiger partial charge in [0.05, 0.1) is 0 Å². The lowest BCUT2D eigenvalue weighted by molar-refractivity contribution is 0.0489. The molecule has 0 aromatic rings. The van der Waals surface area contributed by atoms with Gasteiger partial charge in [-0.3, -0.25) is 0 Å². The van der Waals surface area contributed by atoms with Crippen molar-refractivity contribution in [3.63, 3.8) is 0 Å². The number of carbonyl (C=O) groups excluding carboxylic acids is 1. The highest BCUT2D eigenvalue weighted by Crippen LogP contribution is 2.19. The van der Waals surface area contributed by atoms with Crippen LogP contribution in [0.1, 0.15) is 53.4 Å². The van der Waals surface area contributed by atoms with E-state index in [0.717, 1.165) is 38.1 Å². The number of carbonyl (C=O) groups is 1. The smallest absolute Gasteiger partial charge is 0.407 e. The van der Waals surface area contributed by atoms with E-state index in [2.05, 4.69) is 23.8 Å². The van der Waals surface area contributed by atoms with Crippen LogP contribution in [0.15, 0.2) is 0 Å². The Balaban J connectivity index is 2.19.